The van der Waals surface area contributed by atoms with Crippen molar-refractivity contribution in [3.8, 4) is 0 Å². The van der Waals surface area contributed by atoms with E-state index in [4.69, 9.17) is 8.94 Å². The summed E-state index contributed by atoms with van der Waals surface area (Å²) in [6.07, 6.45) is 0. The summed E-state index contributed by atoms with van der Waals surface area (Å²) < 4.78 is 11.3. The molecule has 4 aromatic rings. The maximum atomic E-state index is 13.7. The number of aromatic nitrogens is 1. The first kappa shape index (κ1) is 20.2. The summed E-state index contributed by atoms with van der Waals surface area (Å²) in [4.78, 5) is 28.7. The molecule has 2 aromatic heterocycles. The van der Waals surface area contributed by atoms with Crippen molar-refractivity contribution in [1.82, 2.24) is 5.16 Å². The van der Waals surface area contributed by atoms with E-state index in [1.165, 1.54) is 10.5 Å². The lowest BCUT2D eigenvalue weighted by Crippen LogP contribution is -2.29. The van der Waals surface area contributed by atoms with Crippen LogP contribution in [0, 0.1) is 20.8 Å². The average molecular weight is 428 g/mol. The minimum atomic E-state index is -0.648. The molecule has 1 aliphatic heterocycles. The van der Waals surface area contributed by atoms with Gasteiger partial charge in [-0.25, -0.2) is 0 Å². The molecule has 0 radical (unpaired) electrons. The van der Waals surface area contributed by atoms with Gasteiger partial charge in [0.1, 0.15) is 11.3 Å². The van der Waals surface area contributed by atoms with Gasteiger partial charge < -0.3 is 8.94 Å². The Morgan fingerprint density at radius 1 is 0.969 bits per heavy atom. The van der Waals surface area contributed by atoms with Crippen LogP contribution in [-0.2, 0) is 0 Å². The molecule has 0 aliphatic carbocycles. The van der Waals surface area contributed by atoms with Gasteiger partial charge in [-0.05, 0) is 61.1 Å². The van der Waals surface area contributed by atoms with E-state index in [-0.39, 0.29) is 11.2 Å². The largest absolute Gasteiger partial charge is 0.450 e. The van der Waals surface area contributed by atoms with Crippen molar-refractivity contribution in [2.45, 2.75) is 46.6 Å². The molecular weight excluding hydrogens is 404 g/mol. The minimum absolute atomic E-state index is 0.0596. The highest BCUT2D eigenvalue weighted by Crippen LogP contribution is 2.41. The number of carbonyl (C=O) groups excluding carboxylic acids is 1. The molecule has 0 N–H and O–H groups in total. The summed E-state index contributed by atoms with van der Waals surface area (Å²) in [7, 11) is 0. The lowest BCUT2D eigenvalue weighted by molar-refractivity contribution is 0.0969. The van der Waals surface area contributed by atoms with Crippen LogP contribution in [0.3, 0.4) is 0 Å². The Balaban J connectivity index is 1.79. The lowest BCUT2D eigenvalue weighted by atomic mass is 9.95. The number of amides is 1. The van der Waals surface area contributed by atoms with Crippen LogP contribution in [0.1, 0.15) is 69.9 Å². The molecule has 1 amide bonds. The second kappa shape index (κ2) is 7.19. The van der Waals surface area contributed by atoms with E-state index in [1.807, 2.05) is 50.2 Å². The van der Waals surface area contributed by atoms with Gasteiger partial charge in [-0.2, -0.15) is 0 Å². The van der Waals surface area contributed by atoms with Crippen LogP contribution in [0.2, 0.25) is 0 Å². The summed E-state index contributed by atoms with van der Waals surface area (Å²) in [5.41, 5.74) is 4.54. The van der Waals surface area contributed by atoms with Gasteiger partial charge in [-0.15, -0.1) is 0 Å². The Hall–Kier alpha value is -3.67. The summed E-state index contributed by atoms with van der Waals surface area (Å²) in [5, 5.41) is 4.54. The molecule has 0 spiro atoms. The Bertz CT molecular complexity index is 1430. The Kier molecular flexibility index (Phi) is 4.55. The van der Waals surface area contributed by atoms with Crippen LogP contribution in [0.15, 0.2) is 56.2 Å². The molecule has 0 fully saturated rings. The number of fused-ring (bicyclic) bond motifs is 2. The number of nitrogens with zero attached hydrogens (tertiary/aromatic N) is 2. The highest BCUT2D eigenvalue weighted by atomic mass is 16.5. The van der Waals surface area contributed by atoms with Crippen molar-refractivity contribution in [1.29, 1.82) is 0 Å². The van der Waals surface area contributed by atoms with Crippen molar-refractivity contribution in [2.75, 3.05) is 4.90 Å². The normalized spacial score (nSPS) is 15.8. The number of hydrogen-bond donors (Lipinski definition) is 0. The fourth-order valence-corrected chi connectivity index (χ4v) is 4.31. The molecule has 2 aromatic carbocycles. The highest BCUT2D eigenvalue weighted by molar-refractivity contribution is 6.10. The van der Waals surface area contributed by atoms with Gasteiger partial charge in [0, 0.05) is 6.07 Å². The quantitative estimate of drug-likeness (QED) is 0.426. The van der Waals surface area contributed by atoms with E-state index >= 15 is 0 Å². The third-order valence-corrected chi connectivity index (χ3v) is 6.27. The predicted octanol–water partition coefficient (Wildman–Crippen LogP) is 5.58. The second-order valence-corrected chi connectivity index (χ2v) is 8.80. The fourth-order valence-electron chi connectivity index (χ4n) is 4.31. The van der Waals surface area contributed by atoms with Crippen LogP contribution < -0.4 is 10.3 Å². The summed E-state index contributed by atoms with van der Waals surface area (Å²) in [6.45, 7) is 9.92. The van der Waals surface area contributed by atoms with E-state index in [9.17, 15) is 9.59 Å². The predicted molar refractivity (Wildman–Crippen MR) is 122 cm³/mol. The maximum Gasteiger partial charge on any atom is 0.296 e. The number of hydrogen-bond acceptors (Lipinski definition) is 5. The SMILES string of the molecule is Cc1cc(N2C(=O)c3oc4cc(C)c(C)cc4c(=O)c3[C@@H]2c2ccc(C(C)C)cc2)no1. The number of carbonyl (C=O) groups is 1. The lowest BCUT2D eigenvalue weighted by Gasteiger charge is -2.22. The monoisotopic (exact) mass is 428 g/mol. The average Bonchev–Trinajstić information content (AvgIpc) is 3.31. The third-order valence-electron chi connectivity index (χ3n) is 6.27. The molecule has 1 aliphatic rings. The molecule has 6 nitrogen and oxygen atoms in total. The molecule has 0 saturated heterocycles. The van der Waals surface area contributed by atoms with Crippen LogP contribution in [-0.4, -0.2) is 11.1 Å². The van der Waals surface area contributed by atoms with Crippen molar-refractivity contribution in [3.05, 3.63) is 92.0 Å². The van der Waals surface area contributed by atoms with Crippen LogP contribution >= 0.6 is 0 Å². The first-order valence-corrected chi connectivity index (χ1v) is 10.7. The number of rotatable bonds is 3. The fraction of sp³-hybridized carbons (Fsp3) is 0.269. The number of anilines is 1. The van der Waals surface area contributed by atoms with Crippen LogP contribution in [0.4, 0.5) is 5.82 Å². The van der Waals surface area contributed by atoms with E-state index < -0.39 is 11.9 Å². The van der Waals surface area contributed by atoms with Crippen LogP contribution in [0.5, 0.6) is 0 Å². The zero-order chi connectivity index (χ0) is 22.7. The molecular formula is C26H24N2O4. The minimum Gasteiger partial charge on any atom is -0.450 e. The van der Waals surface area contributed by atoms with Crippen molar-refractivity contribution < 1.29 is 13.7 Å². The molecule has 0 bridgehead atoms. The molecule has 3 heterocycles. The molecule has 0 saturated carbocycles. The number of aryl methyl sites for hydroxylation is 3. The summed E-state index contributed by atoms with van der Waals surface area (Å²) in [6, 6.07) is 12.7. The zero-order valence-corrected chi connectivity index (χ0v) is 18.7. The molecule has 32 heavy (non-hydrogen) atoms. The van der Waals surface area contributed by atoms with E-state index in [1.54, 1.807) is 13.0 Å². The Morgan fingerprint density at radius 2 is 1.66 bits per heavy atom. The third kappa shape index (κ3) is 2.98. The van der Waals surface area contributed by atoms with Crippen molar-refractivity contribution in [2.24, 2.45) is 0 Å². The molecule has 162 valence electrons. The van der Waals surface area contributed by atoms with E-state index in [0.29, 0.717) is 34.0 Å². The molecule has 0 unspecified atom stereocenters. The summed E-state index contributed by atoms with van der Waals surface area (Å²) >= 11 is 0. The maximum absolute atomic E-state index is 13.7. The first-order chi connectivity index (χ1) is 15.3. The second-order valence-electron chi connectivity index (χ2n) is 8.80. The van der Waals surface area contributed by atoms with Crippen molar-refractivity contribution in [3.63, 3.8) is 0 Å². The smallest absolute Gasteiger partial charge is 0.296 e. The van der Waals surface area contributed by atoms with Gasteiger partial charge in [0.2, 0.25) is 5.76 Å². The Labute approximate surface area is 185 Å². The molecule has 6 heteroatoms. The van der Waals surface area contributed by atoms with Crippen molar-refractivity contribution >= 4 is 22.7 Å². The van der Waals surface area contributed by atoms with Gasteiger partial charge in [-0.3, -0.25) is 14.5 Å². The van der Waals surface area contributed by atoms with Gasteiger partial charge in [-0.1, -0.05) is 43.3 Å². The van der Waals surface area contributed by atoms with Gasteiger partial charge in [0.25, 0.3) is 5.91 Å². The summed E-state index contributed by atoms with van der Waals surface area (Å²) in [5.74, 6) is 0.963. The van der Waals surface area contributed by atoms with E-state index in [2.05, 4.69) is 19.0 Å². The van der Waals surface area contributed by atoms with Gasteiger partial charge in [0.15, 0.2) is 11.2 Å². The van der Waals surface area contributed by atoms with Gasteiger partial charge >= 0.3 is 0 Å². The number of benzene rings is 2. The van der Waals surface area contributed by atoms with Gasteiger partial charge in [0.05, 0.1) is 17.0 Å². The first-order valence-electron chi connectivity index (χ1n) is 10.7. The zero-order valence-electron chi connectivity index (χ0n) is 18.7. The molecule has 1 atom stereocenters. The highest BCUT2D eigenvalue weighted by Gasteiger charge is 2.44. The van der Waals surface area contributed by atoms with E-state index in [0.717, 1.165) is 16.7 Å². The topological polar surface area (TPSA) is 76.6 Å². The Morgan fingerprint density at radius 3 is 2.28 bits per heavy atom. The molecule has 5 rings (SSSR count). The standard InChI is InChI=1S/C26H24N2O4/c1-13(2)17-6-8-18(9-7-17)23-22-24(29)19-10-14(3)15(4)11-20(19)31-25(22)26(30)28(23)21-12-16(5)32-27-21/h6-13,23H,1-5H3/t23-/m0/s1. The van der Waals surface area contributed by atoms with Crippen LogP contribution in [0.25, 0.3) is 11.0 Å².